The van der Waals surface area contributed by atoms with Gasteiger partial charge in [0.2, 0.25) is 0 Å². The minimum atomic E-state index is -5.06. The Bertz CT molecular complexity index is 1800. The maximum Gasteiger partial charge on any atom is 1.00 e. The molecule has 0 aliphatic heterocycles. The van der Waals surface area contributed by atoms with Crippen LogP contribution in [0.3, 0.4) is 0 Å². The van der Waals surface area contributed by atoms with Crippen LogP contribution in [0.4, 0.5) is 11.4 Å². The smallest absolute Gasteiger partial charge is 0.744 e. The van der Waals surface area contributed by atoms with Crippen LogP contribution in [-0.2, 0) is 10.1 Å². The van der Waals surface area contributed by atoms with E-state index in [2.05, 4.69) is 21.1 Å². The van der Waals surface area contributed by atoms with Gasteiger partial charge in [-0.15, -0.1) is 0 Å². The first kappa shape index (κ1) is 28.0. The fraction of sp³-hybridized carbons (Fsp3) is 0.0833. The number of fused-ring (bicyclic) bond motifs is 1. The number of methoxy groups -OCH3 is 2. The second-order valence-corrected chi connectivity index (χ2v) is 8.68. The molecule has 0 bridgehead atoms. The molecule has 2 N–H and O–H groups in total. The van der Waals surface area contributed by atoms with Crippen LogP contribution in [0.25, 0.3) is 10.8 Å². The Kier molecular flexibility index (Phi) is 8.84. The molecule has 0 heterocycles. The third kappa shape index (κ3) is 5.73. The second kappa shape index (κ2) is 11.7. The molecule has 13 heteroatoms. The quantitative estimate of drug-likeness (QED) is 0.122. The molecule has 0 amide bonds. The third-order valence-corrected chi connectivity index (χ3v) is 6.09. The topological polar surface area (TPSA) is 159 Å². The molecule has 0 aliphatic rings. The molecule has 0 atom stereocenters. The summed E-state index contributed by atoms with van der Waals surface area (Å²) in [5.41, 5.74) is 3.80. The van der Waals surface area contributed by atoms with Crippen molar-refractivity contribution < 1.29 is 52.0 Å². The average Bonchev–Trinajstić information content (AvgIpc) is 2.88. The zero-order chi connectivity index (χ0) is 25.9. The fourth-order valence-corrected chi connectivity index (χ4v) is 4.26. The first-order chi connectivity index (χ1) is 17.3. The number of para-hydroxylation sites is 4. The van der Waals surface area contributed by atoms with E-state index in [9.17, 15) is 22.6 Å². The molecule has 0 radical (unpaired) electrons. The maximum atomic E-state index is 13.1. The molecular formula is C24H19N4NaO7S. The van der Waals surface area contributed by atoms with Crippen LogP contribution in [0.2, 0.25) is 0 Å². The number of benzene rings is 4. The molecule has 11 nitrogen and oxygen atoms in total. The Morgan fingerprint density at radius 1 is 0.730 bits per heavy atom. The number of hydrogen-bond acceptors (Lipinski definition) is 11. The number of nitrogens with zero attached hydrogens (tertiary/aromatic N) is 2. The monoisotopic (exact) mass is 530 g/mol. The summed E-state index contributed by atoms with van der Waals surface area (Å²) in [4.78, 5) is 25.4. The normalized spacial score (nSPS) is 12.2. The van der Waals surface area contributed by atoms with Gasteiger partial charge in [-0.2, -0.15) is 10.2 Å². The SMILES string of the molecule is COc1ccccc1NN=c1c(=O)c(=O)c(=NNc2ccccc2OC)c2c(S(=O)(=O)[O-])cccc12.[Na+]. The molecule has 4 rings (SSSR count). The Balaban J connectivity index is 0.00000380. The minimum absolute atomic E-state index is 0. The van der Waals surface area contributed by atoms with Crippen molar-refractivity contribution in [3.8, 4) is 11.5 Å². The Morgan fingerprint density at radius 3 is 1.73 bits per heavy atom. The molecule has 0 aromatic heterocycles. The second-order valence-electron chi connectivity index (χ2n) is 7.34. The molecule has 0 unspecified atom stereocenters. The van der Waals surface area contributed by atoms with Gasteiger partial charge in [0.1, 0.15) is 32.3 Å². The number of hydrogen-bond donors (Lipinski definition) is 2. The van der Waals surface area contributed by atoms with Gasteiger partial charge in [0.15, 0.2) is 0 Å². The zero-order valence-corrected chi connectivity index (χ0v) is 22.8. The van der Waals surface area contributed by atoms with Crippen LogP contribution >= 0.6 is 0 Å². The van der Waals surface area contributed by atoms with Crippen LogP contribution in [0.1, 0.15) is 0 Å². The molecule has 0 aliphatic carbocycles. The van der Waals surface area contributed by atoms with Crippen LogP contribution in [0.15, 0.2) is 91.4 Å². The van der Waals surface area contributed by atoms with E-state index in [4.69, 9.17) is 9.47 Å². The standard InChI is InChI=1S/C24H20N4O7S.Na/c1-34-17-11-5-3-9-15(17)25-27-21-14-8-7-13-19(36(31,32)33)20(14)22(24(30)23(21)29)28-26-16-10-4-6-12-18(16)35-2;/h3-13,25-26H,1-2H3,(H,31,32,33);/q;+1/p-1. The van der Waals surface area contributed by atoms with Gasteiger partial charge in [0, 0.05) is 10.8 Å². The van der Waals surface area contributed by atoms with E-state index in [0.717, 1.165) is 6.07 Å². The van der Waals surface area contributed by atoms with Crippen molar-refractivity contribution in [2.45, 2.75) is 4.90 Å². The molecule has 4 aromatic carbocycles. The van der Waals surface area contributed by atoms with Gasteiger partial charge < -0.3 is 14.0 Å². The van der Waals surface area contributed by atoms with Crippen molar-refractivity contribution in [3.05, 3.63) is 97.9 Å². The summed E-state index contributed by atoms with van der Waals surface area (Å²) in [6.45, 7) is 0. The van der Waals surface area contributed by atoms with E-state index in [-0.39, 0.29) is 45.7 Å². The minimum Gasteiger partial charge on any atom is -0.744 e. The summed E-state index contributed by atoms with van der Waals surface area (Å²) in [5, 5.41) is 6.74. The predicted molar refractivity (Wildman–Crippen MR) is 131 cm³/mol. The van der Waals surface area contributed by atoms with Crippen molar-refractivity contribution in [3.63, 3.8) is 0 Å². The van der Waals surface area contributed by atoms with Crippen LogP contribution in [0, 0.1) is 0 Å². The summed E-state index contributed by atoms with van der Waals surface area (Å²) in [6.07, 6.45) is 0. The van der Waals surface area contributed by atoms with E-state index < -0.39 is 31.2 Å². The molecule has 37 heavy (non-hydrogen) atoms. The maximum absolute atomic E-state index is 13.1. The largest absolute Gasteiger partial charge is 1.00 e. The summed E-state index contributed by atoms with van der Waals surface area (Å²) in [5.74, 6) is 0.792. The van der Waals surface area contributed by atoms with Gasteiger partial charge in [-0.3, -0.25) is 20.4 Å². The van der Waals surface area contributed by atoms with Gasteiger partial charge in [-0.1, -0.05) is 36.4 Å². The van der Waals surface area contributed by atoms with Gasteiger partial charge in [-0.05, 0) is 30.3 Å². The Morgan fingerprint density at radius 2 is 1.22 bits per heavy atom. The summed E-state index contributed by atoms with van der Waals surface area (Å²) >= 11 is 0. The number of ether oxygens (including phenoxy) is 2. The van der Waals surface area contributed by atoms with E-state index in [0.29, 0.717) is 22.9 Å². The van der Waals surface area contributed by atoms with Crippen molar-refractivity contribution in [2.75, 3.05) is 25.1 Å². The third-order valence-electron chi connectivity index (χ3n) is 5.21. The first-order valence-electron chi connectivity index (χ1n) is 10.4. The molecule has 0 saturated carbocycles. The van der Waals surface area contributed by atoms with Crippen LogP contribution in [-0.4, -0.2) is 27.2 Å². The van der Waals surface area contributed by atoms with Gasteiger partial charge in [0.25, 0.3) is 10.9 Å². The van der Waals surface area contributed by atoms with E-state index in [1.54, 1.807) is 48.5 Å². The average molecular weight is 530 g/mol. The summed E-state index contributed by atoms with van der Waals surface area (Å²) in [7, 11) is -2.18. The number of anilines is 2. The molecule has 0 fully saturated rings. The molecule has 0 spiro atoms. The summed E-state index contributed by atoms with van der Waals surface area (Å²) < 4.78 is 46.6. The molecule has 184 valence electrons. The van der Waals surface area contributed by atoms with Crippen molar-refractivity contribution in [1.29, 1.82) is 0 Å². The fourth-order valence-electron chi connectivity index (χ4n) is 3.56. The van der Waals surface area contributed by atoms with E-state index >= 15 is 0 Å². The number of rotatable bonds is 7. The summed E-state index contributed by atoms with van der Waals surface area (Å²) in [6, 6.07) is 17.0. The van der Waals surface area contributed by atoms with Gasteiger partial charge in [-0.25, -0.2) is 8.42 Å². The van der Waals surface area contributed by atoms with Crippen molar-refractivity contribution in [2.24, 2.45) is 10.2 Å². The van der Waals surface area contributed by atoms with Crippen LogP contribution < -0.4 is 71.5 Å². The van der Waals surface area contributed by atoms with Gasteiger partial charge >= 0.3 is 29.6 Å². The van der Waals surface area contributed by atoms with E-state index in [1.807, 2.05) is 0 Å². The Hall–Kier alpha value is -3.55. The molecule has 4 aromatic rings. The van der Waals surface area contributed by atoms with Gasteiger partial charge in [0.05, 0.1) is 30.5 Å². The predicted octanol–water partition coefficient (Wildman–Crippen LogP) is -1.78. The van der Waals surface area contributed by atoms with Crippen molar-refractivity contribution >= 4 is 32.3 Å². The zero-order valence-electron chi connectivity index (χ0n) is 20.0. The first-order valence-corrected chi connectivity index (χ1v) is 11.8. The molecule has 0 saturated heterocycles. The Labute approximate surface area is 232 Å². The van der Waals surface area contributed by atoms with Crippen LogP contribution in [0.5, 0.6) is 11.5 Å². The number of nitrogens with one attached hydrogen (secondary N) is 2. The van der Waals surface area contributed by atoms with E-state index in [1.165, 1.54) is 26.4 Å². The molecular weight excluding hydrogens is 511 g/mol. The van der Waals surface area contributed by atoms with Crippen molar-refractivity contribution in [1.82, 2.24) is 0 Å².